The molecule has 0 fully saturated rings. The van der Waals surface area contributed by atoms with E-state index in [2.05, 4.69) is 10.3 Å². The van der Waals surface area contributed by atoms with Crippen molar-refractivity contribution in [1.29, 1.82) is 0 Å². The zero-order valence-electron chi connectivity index (χ0n) is 18.7. The monoisotopic (exact) mass is 460 g/mol. The summed E-state index contributed by atoms with van der Waals surface area (Å²) in [7, 11) is 0. The van der Waals surface area contributed by atoms with E-state index in [4.69, 9.17) is 0 Å². The molecular weight excluding hydrogens is 433 g/mol. The molecule has 0 bridgehead atoms. The summed E-state index contributed by atoms with van der Waals surface area (Å²) in [5.41, 5.74) is 0.558. The van der Waals surface area contributed by atoms with Gasteiger partial charge in [-0.1, -0.05) is 77.1 Å². The summed E-state index contributed by atoms with van der Waals surface area (Å²) in [6, 6.07) is 14.4. The molecule has 2 aromatic carbocycles. The molecule has 170 valence electrons. The highest BCUT2D eigenvalue weighted by Gasteiger charge is 2.40. The summed E-state index contributed by atoms with van der Waals surface area (Å²) in [6.07, 6.45) is -4.41. The fourth-order valence-electron chi connectivity index (χ4n) is 3.60. The maximum Gasteiger partial charge on any atom is 0.416 e. The van der Waals surface area contributed by atoms with E-state index in [1.807, 2.05) is 56.5 Å². The molecule has 0 radical (unpaired) electrons. The molecule has 0 aliphatic rings. The molecule has 3 nitrogen and oxygen atoms in total. The Balaban J connectivity index is 1.96. The number of hydrogen-bond acceptors (Lipinski definition) is 3. The predicted molar refractivity (Wildman–Crippen MR) is 123 cm³/mol. The van der Waals surface area contributed by atoms with Crippen LogP contribution >= 0.6 is 11.3 Å². The van der Waals surface area contributed by atoms with Crippen molar-refractivity contribution in [2.75, 3.05) is 5.32 Å². The number of nitrogens with zero attached hydrogens (tertiary/aromatic N) is 1. The molecule has 0 saturated carbocycles. The molecule has 3 rings (SSSR count). The molecule has 0 spiro atoms. The third kappa shape index (κ3) is 5.21. The van der Waals surface area contributed by atoms with E-state index in [0.29, 0.717) is 10.7 Å². The Morgan fingerprint density at radius 2 is 1.47 bits per heavy atom. The third-order valence-corrected chi connectivity index (χ3v) is 6.26. The van der Waals surface area contributed by atoms with Gasteiger partial charge in [0.1, 0.15) is 0 Å². The van der Waals surface area contributed by atoms with Crippen molar-refractivity contribution in [3.05, 3.63) is 82.4 Å². The maximum atomic E-state index is 13.4. The first-order valence-corrected chi connectivity index (χ1v) is 11.2. The van der Waals surface area contributed by atoms with Crippen molar-refractivity contribution in [3.8, 4) is 0 Å². The van der Waals surface area contributed by atoms with Crippen molar-refractivity contribution >= 4 is 22.4 Å². The Bertz CT molecular complexity index is 1070. The molecule has 1 amide bonds. The topological polar surface area (TPSA) is 42.0 Å². The first-order valence-electron chi connectivity index (χ1n) is 10.3. The summed E-state index contributed by atoms with van der Waals surface area (Å²) in [6.45, 7) is 9.75. The van der Waals surface area contributed by atoms with Gasteiger partial charge in [0.25, 0.3) is 0 Å². The lowest BCUT2D eigenvalue weighted by Crippen LogP contribution is -2.37. The van der Waals surface area contributed by atoms with E-state index in [1.165, 1.54) is 23.5 Å². The van der Waals surface area contributed by atoms with Gasteiger partial charge >= 0.3 is 6.18 Å². The van der Waals surface area contributed by atoms with Crippen molar-refractivity contribution in [2.24, 2.45) is 5.41 Å². The van der Waals surface area contributed by atoms with Crippen molar-refractivity contribution < 1.29 is 18.0 Å². The van der Waals surface area contributed by atoms with Gasteiger partial charge in [0, 0.05) is 16.7 Å². The van der Waals surface area contributed by atoms with E-state index in [9.17, 15) is 18.0 Å². The van der Waals surface area contributed by atoms with Gasteiger partial charge in [0.2, 0.25) is 5.91 Å². The summed E-state index contributed by atoms with van der Waals surface area (Å²) in [5.74, 6) is -0.700. The largest absolute Gasteiger partial charge is 0.416 e. The molecule has 0 aliphatic heterocycles. The molecule has 1 heterocycles. The van der Waals surface area contributed by atoms with Gasteiger partial charge < -0.3 is 5.32 Å². The van der Waals surface area contributed by atoms with E-state index >= 15 is 0 Å². The second kappa shape index (κ2) is 8.70. The molecule has 3 aromatic rings. The van der Waals surface area contributed by atoms with Gasteiger partial charge in [-0.2, -0.15) is 13.2 Å². The number of alkyl halides is 3. The van der Waals surface area contributed by atoms with E-state index in [0.717, 1.165) is 23.4 Å². The first-order chi connectivity index (χ1) is 14.8. The van der Waals surface area contributed by atoms with Crippen LogP contribution in [0, 0.1) is 5.41 Å². The standard InChI is InChI=1S/C25H27F3N2OS/c1-23(2,3)19-15-32-22(29-19)30-21(31)24(4,5)20(16-9-7-6-8-10-16)17-11-13-18(14-12-17)25(26,27)28/h6-15,20H,1-5H3,(H,29,30,31). The molecular formula is C25H27F3N2OS. The normalized spacial score (nSPS) is 13.6. The number of carbonyl (C=O) groups is 1. The van der Waals surface area contributed by atoms with Crippen LogP contribution in [0.4, 0.5) is 18.3 Å². The maximum absolute atomic E-state index is 13.4. The van der Waals surface area contributed by atoms with Crippen LogP contribution in [-0.4, -0.2) is 10.9 Å². The average molecular weight is 461 g/mol. The van der Waals surface area contributed by atoms with Gasteiger partial charge in [0.05, 0.1) is 16.7 Å². The zero-order valence-corrected chi connectivity index (χ0v) is 19.6. The molecule has 7 heteroatoms. The Kier molecular flexibility index (Phi) is 6.52. The number of halogens is 3. The summed E-state index contributed by atoms with van der Waals surface area (Å²) >= 11 is 1.36. The van der Waals surface area contributed by atoms with Gasteiger partial charge in [-0.15, -0.1) is 11.3 Å². The highest BCUT2D eigenvalue weighted by molar-refractivity contribution is 7.14. The number of nitrogens with one attached hydrogen (secondary N) is 1. The number of hydrogen-bond donors (Lipinski definition) is 1. The number of rotatable bonds is 5. The fraction of sp³-hybridized carbons (Fsp3) is 0.360. The molecule has 0 aliphatic carbocycles. The second-order valence-corrected chi connectivity index (χ2v) is 10.3. The van der Waals surface area contributed by atoms with Crippen LogP contribution < -0.4 is 5.32 Å². The Hall–Kier alpha value is -2.67. The lowest BCUT2D eigenvalue weighted by molar-refractivity contribution is -0.137. The van der Waals surface area contributed by atoms with Crippen LogP contribution in [0.25, 0.3) is 0 Å². The minimum Gasteiger partial charge on any atom is -0.301 e. The summed E-state index contributed by atoms with van der Waals surface area (Å²) in [5, 5.41) is 5.35. The minimum absolute atomic E-state index is 0.137. The van der Waals surface area contributed by atoms with Crippen LogP contribution in [0.3, 0.4) is 0 Å². The quantitative estimate of drug-likeness (QED) is 0.435. The van der Waals surface area contributed by atoms with Gasteiger partial charge in [-0.3, -0.25) is 4.79 Å². The fourth-order valence-corrected chi connectivity index (χ4v) is 4.53. The molecule has 1 unspecified atom stereocenters. The minimum atomic E-state index is -4.41. The predicted octanol–water partition coefficient (Wildman–Crippen LogP) is 7.26. The van der Waals surface area contributed by atoms with E-state index < -0.39 is 23.1 Å². The summed E-state index contributed by atoms with van der Waals surface area (Å²) < 4.78 is 39.2. The lowest BCUT2D eigenvalue weighted by atomic mass is 9.70. The highest BCUT2D eigenvalue weighted by atomic mass is 32.1. The Morgan fingerprint density at radius 1 is 0.906 bits per heavy atom. The average Bonchev–Trinajstić information content (AvgIpc) is 3.17. The number of aromatic nitrogens is 1. The summed E-state index contributed by atoms with van der Waals surface area (Å²) in [4.78, 5) is 17.9. The van der Waals surface area contributed by atoms with Crippen molar-refractivity contribution in [3.63, 3.8) is 0 Å². The molecule has 1 N–H and O–H groups in total. The Morgan fingerprint density at radius 3 is 1.97 bits per heavy atom. The highest BCUT2D eigenvalue weighted by Crippen LogP contribution is 2.43. The molecule has 0 saturated heterocycles. The second-order valence-electron chi connectivity index (χ2n) is 9.43. The smallest absolute Gasteiger partial charge is 0.301 e. The van der Waals surface area contributed by atoms with Gasteiger partial charge in [-0.25, -0.2) is 4.98 Å². The SMILES string of the molecule is CC(C)(C)c1csc(NC(=O)C(C)(C)C(c2ccccc2)c2ccc(C(F)(F)F)cc2)n1. The molecule has 1 atom stereocenters. The van der Waals surface area contributed by atoms with Crippen LogP contribution in [0.15, 0.2) is 60.0 Å². The number of carbonyl (C=O) groups excluding carboxylic acids is 1. The molecule has 1 aromatic heterocycles. The van der Waals surface area contributed by atoms with Crippen LogP contribution in [0.5, 0.6) is 0 Å². The van der Waals surface area contributed by atoms with Crippen molar-refractivity contribution in [1.82, 2.24) is 4.98 Å². The third-order valence-electron chi connectivity index (χ3n) is 5.50. The van der Waals surface area contributed by atoms with Gasteiger partial charge in [-0.05, 0) is 23.3 Å². The van der Waals surface area contributed by atoms with Gasteiger partial charge in [0.15, 0.2) is 5.13 Å². The van der Waals surface area contributed by atoms with E-state index in [1.54, 1.807) is 13.8 Å². The lowest BCUT2D eigenvalue weighted by Gasteiger charge is -2.34. The zero-order chi connectivity index (χ0) is 23.7. The van der Waals surface area contributed by atoms with Crippen LogP contribution in [0.2, 0.25) is 0 Å². The van der Waals surface area contributed by atoms with Crippen LogP contribution in [0.1, 0.15) is 62.9 Å². The number of thiazole rings is 1. The number of amides is 1. The number of benzene rings is 2. The van der Waals surface area contributed by atoms with Crippen LogP contribution in [-0.2, 0) is 16.4 Å². The van der Waals surface area contributed by atoms with Crippen molar-refractivity contribution in [2.45, 2.75) is 52.1 Å². The number of anilines is 1. The Labute approximate surface area is 190 Å². The van der Waals surface area contributed by atoms with E-state index in [-0.39, 0.29) is 11.3 Å². The first kappa shape index (κ1) is 24.0. The molecule has 32 heavy (non-hydrogen) atoms.